The smallest absolute Gasteiger partial charge is 0.243 e. The second-order valence-corrected chi connectivity index (χ2v) is 9.69. The number of nitrogens with one attached hydrogen (secondary N) is 2. The van der Waals surface area contributed by atoms with Gasteiger partial charge in [0, 0.05) is 19.5 Å². The number of aryl methyl sites for hydroxylation is 1. The highest BCUT2D eigenvalue weighted by atomic mass is 19.3. The zero-order chi connectivity index (χ0) is 24.8. The lowest BCUT2D eigenvalue weighted by Gasteiger charge is -2.33. The van der Waals surface area contributed by atoms with E-state index < -0.39 is 48.2 Å². The number of benzene rings is 1. The third-order valence-electron chi connectivity index (χ3n) is 6.04. The maximum atomic E-state index is 13.1. The van der Waals surface area contributed by atoms with Gasteiger partial charge >= 0.3 is 0 Å². The number of carbonyl (C=O) groups excluding carboxylic acids is 3. The zero-order valence-electron chi connectivity index (χ0n) is 19.9. The van der Waals surface area contributed by atoms with E-state index in [-0.39, 0.29) is 12.5 Å². The quantitative estimate of drug-likeness (QED) is 0.519. The molecule has 1 saturated heterocycles. The summed E-state index contributed by atoms with van der Waals surface area (Å²) < 4.78 is 26.3. The van der Waals surface area contributed by atoms with Crippen LogP contribution >= 0.6 is 0 Å². The Hall–Kier alpha value is -2.55. The predicted molar refractivity (Wildman–Crippen MR) is 123 cm³/mol. The fourth-order valence-electron chi connectivity index (χ4n) is 3.86. The molecule has 0 aliphatic carbocycles. The molecule has 2 rings (SSSR count). The molecule has 7 nitrogen and oxygen atoms in total. The second kappa shape index (κ2) is 11.5. The minimum absolute atomic E-state index is 0.258. The van der Waals surface area contributed by atoms with Gasteiger partial charge in [0.15, 0.2) is 0 Å². The molecule has 1 heterocycles. The molecule has 1 aliphatic heterocycles. The highest BCUT2D eigenvalue weighted by Crippen LogP contribution is 2.24. The van der Waals surface area contributed by atoms with Crippen LogP contribution in [0, 0.1) is 12.3 Å². The van der Waals surface area contributed by atoms with Gasteiger partial charge in [-0.2, -0.15) is 0 Å². The van der Waals surface area contributed by atoms with E-state index in [9.17, 15) is 23.2 Å². The first-order valence-electron chi connectivity index (χ1n) is 11.4. The van der Waals surface area contributed by atoms with Crippen molar-refractivity contribution in [3.05, 3.63) is 35.4 Å². The van der Waals surface area contributed by atoms with Crippen LogP contribution in [0.15, 0.2) is 24.3 Å². The Bertz CT molecular complexity index is 841. The first-order valence-corrected chi connectivity index (χ1v) is 11.4. The van der Waals surface area contributed by atoms with Crippen LogP contribution in [-0.4, -0.2) is 60.3 Å². The largest absolute Gasteiger partial charge is 0.354 e. The van der Waals surface area contributed by atoms with E-state index in [1.165, 1.54) is 4.90 Å². The maximum absolute atomic E-state index is 13.1. The number of carbonyl (C=O) groups is 3. The van der Waals surface area contributed by atoms with Gasteiger partial charge in [0.05, 0.1) is 6.04 Å². The lowest BCUT2D eigenvalue weighted by Crippen LogP contribution is -2.57. The van der Waals surface area contributed by atoms with Crippen molar-refractivity contribution >= 4 is 17.7 Å². The summed E-state index contributed by atoms with van der Waals surface area (Å²) in [7, 11) is 0. The van der Waals surface area contributed by atoms with E-state index >= 15 is 0 Å². The second-order valence-electron chi connectivity index (χ2n) is 9.69. The van der Waals surface area contributed by atoms with Crippen LogP contribution in [0.4, 0.5) is 8.78 Å². The van der Waals surface area contributed by atoms with Crippen LogP contribution in [0.5, 0.6) is 0 Å². The Morgan fingerprint density at radius 1 is 1.21 bits per heavy atom. The van der Waals surface area contributed by atoms with E-state index in [2.05, 4.69) is 10.6 Å². The molecule has 0 saturated carbocycles. The van der Waals surface area contributed by atoms with Gasteiger partial charge in [-0.15, -0.1) is 0 Å². The summed E-state index contributed by atoms with van der Waals surface area (Å²) in [5, 5.41) is 5.09. The molecule has 0 radical (unpaired) electrons. The Balaban J connectivity index is 2.01. The van der Waals surface area contributed by atoms with Crippen molar-refractivity contribution in [2.45, 2.75) is 77.9 Å². The number of likely N-dealkylation sites (tertiary alicyclic amines) is 1. The van der Waals surface area contributed by atoms with Crippen molar-refractivity contribution in [3.8, 4) is 0 Å². The molecule has 1 aromatic carbocycles. The van der Waals surface area contributed by atoms with Crippen LogP contribution in [0.3, 0.4) is 0 Å². The number of halogens is 2. The highest BCUT2D eigenvalue weighted by molar-refractivity contribution is 5.93. The van der Waals surface area contributed by atoms with Crippen LogP contribution in [0.25, 0.3) is 0 Å². The predicted octanol–water partition coefficient (Wildman–Crippen LogP) is 2.16. The van der Waals surface area contributed by atoms with Gasteiger partial charge in [-0.3, -0.25) is 14.4 Å². The Labute approximate surface area is 194 Å². The van der Waals surface area contributed by atoms with Crippen LogP contribution in [0.2, 0.25) is 0 Å². The molecule has 184 valence electrons. The minimum Gasteiger partial charge on any atom is -0.354 e. The summed E-state index contributed by atoms with van der Waals surface area (Å²) in [6.45, 7) is 8.08. The van der Waals surface area contributed by atoms with Gasteiger partial charge in [-0.25, -0.2) is 8.78 Å². The molecule has 1 fully saturated rings. The fraction of sp³-hybridized carbons (Fsp3) is 0.625. The van der Waals surface area contributed by atoms with Crippen LogP contribution in [0.1, 0.15) is 51.2 Å². The summed E-state index contributed by atoms with van der Waals surface area (Å²) in [5.41, 5.74) is 7.71. The van der Waals surface area contributed by atoms with Crippen molar-refractivity contribution in [2.75, 3.05) is 13.1 Å². The molecule has 3 amide bonds. The van der Waals surface area contributed by atoms with Crippen LogP contribution in [-0.2, 0) is 20.8 Å². The maximum Gasteiger partial charge on any atom is 0.243 e. The summed E-state index contributed by atoms with van der Waals surface area (Å²) in [6, 6.07) is 4.69. The Kier molecular flexibility index (Phi) is 9.34. The van der Waals surface area contributed by atoms with Gasteiger partial charge in [0.25, 0.3) is 0 Å². The van der Waals surface area contributed by atoms with Gasteiger partial charge in [-0.05, 0) is 42.7 Å². The van der Waals surface area contributed by atoms with E-state index in [0.29, 0.717) is 25.8 Å². The van der Waals surface area contributed by atoms with Gasteiger partial charge in [-0.1, -0.05) is 45.0 Å². The van der Waals surface area contributed by atoms with Crippen molar-refractivity contribution < 1.29 is 23.2 Å². The van der Waals surface area contributed by atoms with E-state index in [1.807, 2.05) is 52.0 Å². The number of rotatable bonds is 9. The lowest BCUT2D eigenvalue weighted by atomic mass is 9.86. The van der Waals surface area contributed by atoms with E-state index in [0.717, 1.165) is 11.1 Å². The van der Waals surface area contributed by atoms with Gasteiger partial charge in [0.2, 0.25) is 24.1 Å². The molecule has 1 aromatic rings. The molecule has 0 bridgehead atoms. The molecule has 0 unspecified atom stereocenters. The third kappa shape index (κ3) is 7.48. The fourth-order valence-corrected chi connectivity index (χ4v) is 3.86. The Morgan fingerprint density at radius 2 is 1.88 bits per heavy atom. The molecule has 3 atom stereocenters. The average molecular weight is 467 g/mol. The standard InChI is InChI=1S/C24H36F2N4O3/c1-15-8-5-6-9-16(15)11-12-28-21(31)17(14-19(25)26)29-22(32)18-10-7-13-30(18)23(33)20(27)24(2,3)4/h5-6,8-9,17-20H,7,10-14,27H2,1-4H3,(H,28,31)(H,29,32)/t17-,18-,20+/m0/s1. The highest BCUT2D eigenvalue weighted by Gasteiger charge is 2.40. The summed E-state index contributed by atoms with van der Waals surface area (Å²) in [5.74, 6) is -1.63. The number of nitrogens with zero attached hydrogens (tertiary/aromatic N) is 1. The first-order chi connectivity index (χ1) is 15.4. The molecule has 0 spiro atoms. The number of hydrogen-bond acceptors (Lipinski definition) is 4. The number of nitrogens with two attached hydrogens (primary N) is 1. The zero-order valence-corrected chi connectivity index (χ0v) is 19.9. The van der Waals surface area contributed by atoms with Crippen LogP contribution < -0.4 is 16.4 Å². The SMILES string of the molecule is Cc1ccccc1CCNC(=O)[C@H](CC(F)F)NC(=O)[C@@H]1CCCN1C(=O)[C@@H](N)C(C)(C)C. The van der Waals surface area contributed by atoms with Gasteiger partial charge in [0.1, 0.15) is 12.1 Å². The molecular formula is C24H36F2N4O3. The topological polar surface area (TPSA) is 105 Å². The molecule has 4 N–H and O–H groups in total. The summed E-state index contributed by atoms with van der Waals surface area (Å²) >= 11 is 0. The number of hydrogen-bond donors (Lipinski definition) is 3. The minimum atomic E-state index is -2.77. The molecule has 1 aliphatic rings. The van der Waals surface area contributed by atoms with Gasteiger partial charge < -0.3 is 21.3 Å². The number of amides is 3. The molecule has 9 heteroatoms. The van der Waals surface area contributed by atoms with Crippen molar-refractivity contribution in [1.82, 2.24) is 15.5 Å². The average Bonchev–Trinajstić information content (AvgIpc) is 3.22. The third-order valence-corrected chi connectivity index (χ3v) is 6.04. The summed E-state index contributed by atoms with van der Waals surface area (Å²) in [6.07, 6.45) is -2.03. The monoisotopic (exact) mass is 466 g/mol. The van der Waals surface area contributed by atoms with Crippen molar-refractivity contribution in [2.24, 2.45) is 11.1 Å². The normalized spacial score (nSPS) is 18.2. The van der Waals surface area contributed by atoms with Crippen molar-refractivity contribution in [1.29, 1.82) is 0 Å². The van der Waals surface area contributed by atoms with Crippen molar-refractivity contribution in [3.63, 3.8) is 0 Å². The molecule has 33 heavy (non-hydrogen) atoms. The Morgan fingerprint density at radius 3 is 2.48 bits per heavy atom. The first kappa shape index (κ1) is 26.7. The molecule has 0 aromatic heterocycles. The van der Waals surface area contributed by atoms with E-state index in [4.69, 9.17) is 5.73 Å². The van der Waals surface area contributed by atoms with E-state index in [1.54, 1.807) is 0 Å². The molecular weight excluding hydrogens is 430 g/mol. The lowest BCUT2D eigenvalue weighted by molar-refractivity contribution is -0.142. The number of alkyl halides is 2. The summed E-state index contributed by atoms with van der Waals surface area (Å²) in [4.78, 5) is 39.7.